The van der Waals surface area contributed by atoms with Crippen LogP contribution in [0.2, 0.25) is 0 Å². The number of benzene rings is 2. The number of nitrogens with zero attached hydrogens (tertiary/aromatic N) is 1. The maximum absolute atomic E-state index is 13.4. The molecule has 0 spiro atoms. The topological polar surface area (TPSA) is 54.5 Å². The van der Waals surface area contributed by atoms with Gasteiger partial charge in [-0.15, -0.1) is 0 Å². The largest absolute Gasteiger partial charge is 0.343 e. The molecule has 1 amide bonds. The van der Waals surface area contributed by atoms with E-state index >= 15 is 0 Å². The van der Waals surface area contributed by atoms with Crippen LogP contribution in [0.5, 0.6) is 0 Å². The number of Topliss-reactive ketones (excluding diaryl/α,β-unsaturated/α-hetero) is 2. The van der Waals surface area contributed by atoms with Crippen LogP contribution in [0.15, 0.2) is 54.6 Å². The third-order valence-electron chi connectivity index (χ3n) is 5.88. The molecule has 0 unspecified atom stereocenters. The zero-order valence-electron chi connectivity index (χ0n) is 15.3. The highest BCUT2D eigenvalue weighted by molar-refractivity contribution is 6.33. The van der Waals surface area contributed by atoms with Crippen LogP contribution in [-0.4, -0.2) is 35.5 Å². The van der Waals surface area contributed by atoms with Crippen molar-refractivity contribution < 1.29 is 14.4 Å². The van der Waals surface area contributed by atoms with Crippen molar-refractivity contribution in [1.29, 1.82) is 0 Å². The number of likely N-dealkylation sites (tertiary alicyclic amines) is 1. The van der Waals surface area contributed by atoms with Crippen molar-refractivity contribution in [2.45, 2.75) is 37.5 Å². The van der Waals surface area contributed by atoms with E-state index in [0.29, 0.717) is 16.7 Å². The molecule has 2 aromatic carbocycles. The van der Waals surface area contributed by atoms with Crippen molar-refractivity contribution in [3.63, 3.8) is 0 Å². The van der Waals surface area contributed by atoms with Crippen molar-refractivity contribution in [3.8, 4) is 0 Å². The molecule has 2 aliphatic rings. The lowest BCUT2D eigenvalue weighted by molar-refractivity contribution is -0.132. The van der Waals surface area contributed by atoms with Crippen LogP contribution in [0.3, 0.4) is 0 Å². The Morgan fingerprint density at radius 2 is 1.37 bits per heavy atom. The van der Waals surface area contributed by atoms with Gasteiger partial charge >= 0.3 is 0 Å². The SMILES string of the molecule is O=C(CCC1(c2ccccc2)C(=O)c2ccccc2C1=O)N1CCCCC1. The molecule has 1 heterocycles. The van der Waals surface area contributed by atoms with Gasteiger partial charge in [0, 0.05) is 30.6 Å². The van der Waals surface area contributed by atoms with Gasteiger partial charge in [0.05, 0.1) is 0 Å². The molecule has 4 rings (SSSR count). The van der Waals surface area contributed by atoms with E-state index in [1.807, 2.05) is 35.2 Å². The Labute approximate surface area is 159 Å². The summed E-state index contributed by atoms with van der Waals surface area (Å²) in [5.41, 5.74) is 0.340. The molecule has 0 N–H and O–H groups in total. The highest BCUT2D eigenvalue weighted by Gasteiger charge is 2.53. The van der Waals surface area contributed by atoms with Crippen LogP contribution in [0.1, 0.15) is 58.4 Å². The minimum atomic E-state index is -1.28. The normalized spacial score (nSPS) is 18.4. The molecule has 1 fully saturated rings. The molecule has 4 heteroatoms. The molecule has 0 saturated carbocycles. The second-order valence-electron chi connectivity index (χ2n) is 7.42. The predicted octanol–water partition coefficient (Wildman–Crippen LogP) is 3.80. The molecular formula is C23H23NO3. The van der Waals surface area contributed by atoms with Gasteiger partial charge in [-0.1, -0.05) is 54.6 Å². The van der Waals surface area contributed by atoms with E-state index in [-0.39, 0.29) is 30.3 Å². The molecule has 1 aliphatic heterocycles. The number of rotatable bonds is 4. The highest BCUT2D eigenvalue weighted by atomic mass is 16.2. The average molecular weight is 361 g/mol. The molecule has 0 radical (unpaired) electrons. The summed E-state index contributed by atoms with van der Waals surface area (Å²) in [6.07, 6.45) is 3.64. The van der Waals surface area contributed by atoms with E-state index in [1.54, 1.807) is 24.3 Å². The first-order chi connectivity index (χ1) is 13.1. The molecule has 0 aromatic heterocycles. The smallest absolute Gasteiger partial charge is 0.222 e. The van der Waals surface area contributed by atoms with E-state index in [1.165, 1.54) is 0 Å². The van der Waals surface area contributed by atoms with Gasteiger partial charge in [-0.3, -0.25) is 14.4 Å². The predicted molar refractivity (Wildman–Crippen MR) is 103 cm³/mol. The van der Waals surface area contributed by atoms with Crippen LogP contribution in [0, 0.1) is 0 Å². The molecule has 0 bridgehead atoms. The molecule has 1 aliphatic carbocycles. The Hall–Kier alpha value is -2.75. The molecule has 27 heavy (non-hydrogen) atoms. The molecule has 1 saturated heterocycles. The fourth-order valence-electron chi connectivity index (χ4n) is 4.39. The second kappa shape index (κ2) is 7.10. The van der Waals surface area contributed by atoms with Crippen LogP contribution in [0.25, 0.3) is 0 Å². The van der Waals surface area contributed by atoms with Crippen molar-refractivity contribution in [2.75, 3.05) is 13.1 Å². The molecular weight excluding hydrogens is 338 g/mol. The summed E-state index contributed by atoms with van der Waals surface area (Å²) in [6.45, 7) is 1.55. The van der Waals surface area contributed by atoms with Gasteiger partial charge in [0.1, 0.15) is 5.41 Å². The van der Waals surface area contributed by atoms with Gasteiger partial charge in [-0.2, -0.15) is 0 Å². The number of ketones is 2. The first-order valence-electron chi connectivity index (χ1n) is 9.66. The first-order valence-corrected chi connectivity index (χ1v) is 9.66. The Bertz CT molecular complexity index is 847. The van der Waals surface area contributed by atoms with Crippen molar-refractivity contribution >= 4 is 17.5 Å². The number of hydrogen-bond donors (Lipinski definition) is 0. The summed E-state index contributed by atoms with van der Waals surface area (Å²) >= 11 is 0. The Morgan fingerprint density at radius 3 is 1.96 bits per heavy atom. The highest BCUT2D eigenvalue weighted by Crippen LogP contribution is 2.43. The van der Waals surface area contributed by atoms with Gasteiger partial charge < -0.3 is 4.90 Å². The number of carbonyl (C=O) groups excluding carboxylic acids is 3. The van der Waals surface area contributed by atoms with E-state index in [2.05, 4.69) is 0 Å². The number of fused-ring (bicyclic) bond motifs is 1. The minimum absolute atomic E-state index is 0.0431. The summed E-state index contributed by atoms with van der Waals surface area (Å²) in [4.78, 5) is 41.3. The van der Waals surface area contributed by atoms with Crippen molar-refractivity contribution in [1.82, 2.24) is 4.90 Å². The van der Waals surface area contributed by atoms with Crippen LogP contribution < -0.4 is 0 Å². The number of amides is 1. The van der Waals surface area contributed by atoms with Gasteiger partial charge in [0.25, 0.3) is 0 Å². The molecule has 138 valence electrons. The maximum atomic E-state index is 13.4. The van der Waals surface area contributed by atoms with Gasteiger partial charge in [-0.25, -0.2) is 0 Å². The van der Waals surface area contributed by atoms with E-state index in [9.17, 15) is 14.4 Å². The summed E-state index contributed by atoms with van der Waals surface area (Å²) in [5, 5.41) is 0. The molecule has 0 atom stereocenters. The van der Waals surface area contributed by atoms with E-state index < -0.39 is 5.41 Å². The summed E-state index contributed by atoms with van der Waals surface area (Å²) < 4.78 is 0. The fraction of sp³-hybridized carbons (Fsp3) is 0.348. The Balaban J connectivity index is 1.68. The third kappa shape index (κ3) is 2.89. The quantitative estimate of drug-likeness (QED) is 0.779. The van der Waals surface area contributed by atoms with E-state index in [0.717, 1.165) is 32.4 Å². The lowest BCUT2D eigenvalue weighted by Gasteiger charge is -2.30. The van der Waals surface area contributed by atoms with Crippen LogP contribution >= 0.6 is 0 Å². The lowest BCUT2D eigenvalue weighted by Crippen LogP contribution is -2.41. The maximum Gasteiger partial charge on any atom is 0.222 e. The summed E-state index contributed by atoms with van der Waals surface area (Å²) in [6, 6.07) is 16.2. The minimum Gasteiger partial charge on any atom is -0.343 e. The second-order valence-corrected chi connectivity index (χ2v) is 7.42. The van der Waals surface area contributed by atoms with Gasteiger partial charge in [0.2, 0.25) is 5.91 Å². The van der Waals surface area contributed by atoms with Gasteiger partial charge in [0.15, 0.2) is 11.6 Å². The van der Waals surface area contributed by atoms with Crippen LogP contribution in [-0.2, 0) is 10.2 Å². The molecule has 2 aromatic rings. The van der Waals surface area contributed by atoms with Gasteiger partial charge in [-0.05, 0) is 31.2 Å². The van der Waals surface area contributed by atoms with Crippen molar-refractivity contribution in [2.24, 2.45) is 0 Å². The summed E-state index contributed by atoms with van der Waals surface area (Å²) in [7, 11) is 0. The summed E-state index contributed by atoms with van der Waals surface area (Å²) in [5.74, 6) is -0.317. The van der Waals surface area contributed by atoms with E-state index in [4.69, 9.17) is 0 Å². The van der Waals surface area contributed by atoms with Crippen LogP contribution in [0.4, 0.5) is 0 Å². The Morgan fingerprint density at radius 1 is 0.815 bits per heavy atom. The zero-order valence-corrected chi connectivity index (χ0v) is 15.3. The zero-order chi connectivity index (χ0) is 18.9. The monoisotopic (exact) mass is 361 g/mol. The average Bonchev–Trinajstić information content (AvgIpc) is 2.96. The fourth-order valence-corrected chi connectivity index (χ4v) is 4.39. The first kappa shape index (κ1) is 17.7. The number of piperidine rings is 1. The lowest BCUT2D eigenvalue weighted by atomic mass is 9.72. The standard InChI is InChI=1S/C23H23NO3/c25-20(24-15-7-2-8-16-24)13-14-23(17-9-3-1-4-10-17)21(26)18-11-5-6-12-19(18)22(23)27/h1,3-6,9-12H,2,7-8,13-16H2. The third-order valence-corrected chi connectivity index (χ3v) is 5.88. The number of carbonyl (C=O) groups is 3. The van der Waals surface area contributed by atoms with Crippen molar-refractivity contribution in [3.05, 3.63) is 71.3 Å². The molecule has 4 nitrogen and oxygen atoms in total. The Kier molecular flexibility index (Phi) is 4.65. The number of hydrogen-bond acceptors (Lipinski definition) is 3.